The van der Waals surface area contributed by atoms with Crippen LogP contribution < -0.4 is 20.3 Å². The van der Waals surface area contributed by atoms with Crippen LogP contribution in [0.4, 0.5) is 21.9 Å². The molecule has 0 bridgehead atoms. The Balaban J connectivity index is 1.22. The Kier molecular flexibility index (Phi) is 8.97. The molecule has 0 spiro atoms. The van der Waals surface area contributed by atoms with Crippen LogP contribution in [0.25, 0.3) is 6.08 Å². The van der Waals surface area contributed by atoms with E-state index < -0.39 is 23.6 Å². The summed E-state index contributed by atoms with van der Waals surface area (Å²) in [5.41, 5.74) is 2.63. The van der Waals surface area contributed by atoms with Crippen LogP contribution in [0.1, 0.15) is 5.56 Å². The molecule has 41 heavy (non-hydrogen) atoms. The lowest BCUT2D eigenvalue weighted by Gasteiger charge is -2.30. The molecule has 2 N–H and O–H groups in total. The quantitative estimate of drug-likeness (QED) is 0.366. The molecule has 5 rings (SSSR count). The fraction of sp³-hybridized carbons (Fsp3) is 0.200. The second kappa shape index (κ2) is 13.2. The lowest BCUT2D eigenvalue weighted by atomic mass is 10.2. The molecule has 11 heteroatoms. The first-order valence-electron chi connectivity index (χ1n) is 13.0. The van der Waals surface area contributed by atoms with Crippen molar-refractivity contribution in [2.75, 3.05) is 55.0 Å². The van der Waals surface area contributed by atoms with Gasteiger partial charge in [-0.25, -0.2) is 0 Å². The summed E-state index contributed by atoms with van der Waals surface area (Å²) < 4.78 is 11.1. The predicted molar refractivity (Wildman–Crippen MR) is 158 cm³/mol. The van der Waals surface area contributed by atoms with Crippen molar-refractivity contribution >= 4 is 57.9 Å². The van der Waals surface area contributed by atoms with Gasteiger partial charge in [0.15, 0.2) is 6.61 Å². The fourth-order valence-electron chi connectivity index (χ4n) is 4.36. The van der Waals surface area contributed by atoms with Gasteiger partial charge in [0.2, 0.25) is 5.91 Å². The second-order valence-electron chi connectivity index (χ2n) is 9.17. The standard InChI is InChI=1S/C30H28N4O6S/c35-27(32-23-11-5-6-12-24(23)33-14-16-39-17-15-33)19-34-29(37)26(41-30(34)38)18-21-8-4-7-13-25(21)40-20-28(36)31-22-9-2-1-3-10-22/h1-13,18H,14-17,19-20H2,(H,31,36)(H,32,35)/b26-18+. The van der Waals surface area contributed by atoms with E-state index in [1.807, 2.05) is 36.4 Å². The molecule has 0 radical (unpaired) electrons. The molecule has 0 atom stereocenters. The highest BCUT2D eigenvalue weighted by Gasteiger charge is 2.36. The van der Waals surface area contributed by atoms with Gasteiger partial charge in [0.25, 0.3) is 17.1 Å². The summed E-state index contributed by atoms with van der Waals surface area (Å²) in [6, 6.07) is 23.3. The largest absolute Gasteiger partial charge is 0.483 e. The van der Waals surface area contributed by atoms with E-state index >= 15 is 0 Å². The van der Waals surface area contributed by atoms with Crippen LogP contribution in [0.3, 0.4) is 0 Å². The summed E-state index contributed by atoms with van der Waals surface area (Å²) in [7, 11) is 0. The number of hydrogen-bond donors (Lipinski definition) is 2. The zero-order valence-electron chi connectivity index (χ0n) is 22.1. The van der Waals surface area contributed by atoms with E-state index in [9.17, 15) is 19.2 Å². The molecule has 0 saturated carbocycles. The number of hydrogen-bond acceptors (Lipinski definition) is 8. The van der Waals surface area contributed by atoms with Gasteiger partial charge in [0.05, 0.1) is 29.5 Å². The van der Waals surface area contributed by atoms with E-state index in [4.69, 9.17) is 9.47 Å². The molecule has 0 aliphatic carbocycles. The highest BCUT2D eigenvalue weighted by molar-refractivity contribution is 8.18. The van der Waals surface area contributed by atoms with Crippen molar-refractivity contribution in [3.05, 3.63) is 89.3 Å². The zero-order valence-corrected chi connectivity index (χ0v) is 22.9. The average Bonchev–Trinajstić information content (AvgIpc) is 3.25. The molecule has 0 unspecified atom stereocenters. The van der Waals surface area contributed by atoms with Crippen molar-refractivity contribution in [1.82, 2.24) is 4.90 Å². The second-order valence-corrected chi connectivity index (χ2v) is 10.2. The number of benzene rings is 3. The summed E-state index contributed by atoms with van der Waals surface area (Å²) in [5.74, 6) is -1.02. The van der Waals surface area contributed by atoms with Gasteiger partial charge in [0, 0.05) is 24.3 Å². The van der Waals surface area contributed by atoms with Crippen LogP contribution in [0.2, 0.25) is 0 Å². The van der Waals surface area contributed by atoms with Crippen molar-refractivity contribution in [2.24, 2.45) is 0 Å². The van der Waals surface area contributed by atoms with Gasteiger partial charge in [-0.1, -0.05) is 48.5 Å². The van der Waals surface area contributed by atoms with Gasteiger partial charge < -0.3 is 25.0 Å². The Hall–Kier alpha value is -4.61. The number of amides is 4. The molecule has 10 nitrogen and oxygen atoms in total. The minimum absolute atomic E-state index is 0.154. The lowest BCUT2D eigenvalue weighted by molar-refractivity contribution is -0.127. The number of nitrogens with zero attached hydrogens (tertiary/aromatic N) is 2. The molecule has 0 aromatic heterocycles. The maximum absolute atomic E-state index is 13.1. The molecule has 3 aromatic carbocycles. The number of para-hydroxylation sites is 4. The van der Waals surface area contributed by atoms with E-state index in [0.29, 0.717) is 49.0 Å². The minimum Gasteiger partial charge on any atom is -0.483 e. The normalized spacial score (nSPS) is 16.1. The summed E-state index contributed by atoms with van der Waals surface area (Å²) in [5, 5.41) is 5.04. The first kappa shape index (κ1) is 27.9. The summed E-state index contributed by atoms with van der Waals surface area (Å²) in [6.45, 7) is 1.93. The van der Waals surface area contributed by atoms with Crippen molar-refractivity contribution in [3.8, 4) is 5.75 Å². The maximum Gasteiger partial charge on any atom is 0.294 e. The number of ether oxygens (including phenoxy) is 2. The Morgan fingerprint density at radius 2 is 1.59 bits per heavy atom. The van der Waals surface area contributed by atoms with E-state index in [-0.39, 0.29) is 17.4 Å². The van der Waals surface area contributed by atoms with Crippen LogP contribution in [-0.4, -0.2) is 67.3 Å². The molecule has 2 heterocycles. The molecule has 210 valence electrons. The van der Waals surface area contributed by atoms with Crippen LogP contribution in [0.5, 0.6) is 5.75 Å². The molecular weight excluding hydrogens is 544 g/mol. The van der Waals surface area contributed by atoms with Gasteiger partial charge in [-0.05, 0) is 48.2 Å². The van der Waals surface area contributed by atoms with Crippen LogP contribution >= 0.6 is 11.8 Å². The molecule has 2 fully saturated rings. The van der Waals surface area contributed by atoms with Gasteiger partial charge in [-0.15, -0.1) is 0 Å². The number of rotatable bonds is 9. The number of nitrogens with one attached hydrogen (secondary N) is 2. The SMILES string of the molecule is O=C(COc1ccccc1/C=C1/SC(=O)N(CC(=O)Nc2ccccc2N2CCOCC2)C1=O)Nc1ccccc1. The number of thioether (sulfide) groups is 1. The van der Waals surface area contributed by atoms with Crippen molar-refractivity contribution in [2.45, 2.75) is 0 Å². The number of carbonyl (C=O) groups excluding carboxylic acids is 4. The molecule has 3 aromatic rings. The Morgan fingerprint density at radius 3 is 2.39 bits per heavy atom. The van der Waals surface area contributed by atoms with Crippen molar-refractivity contribution < 1.29 is 28.7 Å². The molecule has 2 aliphatic heterocycles. The average molecular weight is 573 g/mol. The topological polar surface area (TPSA) is 117 Å². The number of anilines is 3. The summed E-state index contributed by atoms with van der Waals surface area (Å²) in [4.78, 5) is 54.2. The fourth-order valence-corrected chi connectivity index (χ4v) is 5.19. The van der Waals surface area contributed by atoms with E-state index in [1.165, 1.54) is 6.08 Å². The monoisotopic (exact) mass is 572 g/mol. The lowest BCUT2D eigenvalue weighted by Crippen LogP contribution is -2.38. The number of morpholine rings is 1. The molecular formula is C30H28N4O6S. The molecule has 4 amide bonds. The first-order chi connectivity index (χ1) is 20.0. The third-order valence-electron chi connectivity index (χ3n) is 6.33. The van der Waals surface area contributed by atoms with Crippen LogP contribution in [-0.2, 0) is 19.1 Å². The van der Waals surface area contributed by atoms with Gasteiger partial charge >= 0.3 is 0 Å². The third kappa shape index (κ3) is 7.13. The third-order valence-corrected chi connectivity index (χ3v) is 7.23. The predicted octanol–water partition coefficient (Wildman–Crippen LogP) is 4.22. The van der Waals surface area contributed by atoms with Crippen LogP contribution in [0.15, 0.2) is 83.8 Å². The minimum atomic E-state index is -0.576. The Labute approximate surface area is 241 Å². The zero-order chi connectivity index (χ0) is 28.6. The van der Waals surface area contributed by atoms with E-state index in [1.54, 1.807) is 42.5 Å². The molecule has 2 saturated heterocycles. The number of carbonyl (C=O) groups is 4. The number of imide groups is 1. The van der Waals surface area contributed by atoms with Gasteiger partial charge in [-0.2, -0.15) is 0 Å². The van der Waals surface area contributed by atoms with Crippen molar-refractivity contribution in [1.29, 1.82) is 0 Å². The van der Waals surface area contributed by atoms with Crippen LogP contribution in [0, 0.1) is 0 Å². The first-order valence-corrected chi connectivity index (χ1v) is 13.8. The highest BCUT2D eigenvalue weighted by atomic mass is 32.2. The van der Waals surface area contributed by atoms with Crippen molar-refractivity contribution in [3.63, 3.8) is 0 Å². The van der Waals surface area contributed by atoms with E-state index in [0.717, 1.165) is 22.3 Å². The Bertz CT molecular complexity index is 1470. The van der Waals surface area contributed by atoms with Gasteiger partial charge in [-0.3, -0.25) is 24.1 Å². The highest BCUT2D eigenvalue weighted by Crippen LogP contribution is 2.34. The summed E-state index contributed by atoms with van der Waals surface area (Å²) in [6.07, 6.45) is 1.53. The van der Waals surface area contributed by atoms with E-state index in [2.05, 4.69) is 15.5 Å². The maximum atomic E-state index is 13.1. The Morgan fingerprint density at radius 1 is 0.878 bits per heavy atom. The van der Waals surface area contributed by atoms with Gasteiger partial charge in [0.1, 0.15) is 12.3 Å². The smallest absolute Gasteiger partial charge is 0.294 e. The molecule has 2 aliphatic rings. The summed E-state index contributed by atoms with van der Waals surface area (Å²) >= 11 is 0.747.